The fourth-order valence-electron chi connectivity index (χ4n) is 4.80. The number of hydrogen-bond acceptors (Lipinski definition) is 6. The van der Waals surface area contributed by atoms with Gasteiger partial charge in [0.1, 0.15) is 12.4 Å². The number of tetrazole rings is 1. The number of aromatic nitrogens is 4. The van der Waals surface area contributed by atoms with Crippen molar-refractivity contribution in [2.45, 2.75) is 18.9 Å². The summed E-state index contributed by atoms with van der Waals surface area (Å²) in [4.78, 5) is 43.6. The molecule has 1 unspecified atom stereocenters. The molecule has 0 spiro atoms. The van der Waals surface area contributed by atoms with Crippen molar-refractivity contribution >= 4 is 41.0 Å². The first-order chi connectivity index (χ1) is 19.4. The number of rotatable bonds is 7. The van der Waals surface area contributed by atoms with E-state index in [0.29, 0.717) is 39.5 Å². The highest BCUT2D eigenvalue weighted by molar-refractivity contribution is 6.30. The van der Waals surface area contributed by atoms with Gasteiger partial charge in [0.25, 0.3) is 0 Å². The van der Waals surface area contributed by atoms with Gasteiger partial charge in [-0.2, -0.15) is 4.68 Å². The third-order valence-electron chi connectivity index (χ3n) is 6.68. The predicted octanol–water partition coefficient (Wildman–Crippen LogP) is 4.52. The van der Waals surface area contributed by atoms with Crippen LogP contribution in [0.2, 0.25) is 5.02 Å². The van der Waals surface area contributed by atoms with Crippen molar-refractivity contribution in [1.29, 1.82) is 0 Å². The Bertz CT molecular complexity index is 1680. The summed E-state index contributed by atoms with van der Waals surface area (Å²) in [6, 6.07) is 15.4. The number of carboxylic acid groups (broad SMARTS) is 1. The van der Waals surface area contributed by atoms with Crippen LogP contribution in [-0.2, 0) is 22.4 Å². The van der Waals surface area contributed by atoms with Gasteiger partial charge in [-0.25, -0.2) is 9.64 Å². The maximum absolute atomic E-state index is 13.7. The van der Waals surface area contributed by atoms with Crippen molar-refractivity contribution < 1.29 is 19.5 Å². The van der Waals surface area contributed by atoms with Gasteiger partial charge in [0.15, 0.2) is 11.5 Å². The molecule has 198 valence electrons. The molecule has 0 aliphatic carbocycles. The Morgan fingerprint density at radius 3 is 2.62 bits per heavy atom. The van der Waals surface area contributed by atoms with Gasteiger partial charge in [0.2, 0.25) is 5.91 Å². The standard InChI is InChI=1S/C29H21ClN6O4/c1-31-24-4-2-3-23-22(24)13-14-35(28(23)26(37)15-18-5-7-19(8-6-18)29(39)40)27(38)12-9-20-16-21(30)10-11-25(20)36-17-32-33-34-36/h2-12,16-17,28H,13-15H2,(H,39,40)/b12-9+. The Kier molecular flexibility index (Phi) is 7.48. The molecule has 1 amide bonds. The van der Waals surface area contributed by atoms with Crippen LogP contribution in [0.4, 0.5) is 5.69 Å². The number of amides is 1. The molecule has 5 rings (SSSR count). The normalized spacial score (nSPS) is 14.5. The van der Waals surface area contributed by atoms with Crippen LogP contribution in [0.1, 0.15) is 38.7 Å². The van der Waals surface area contributed by atoms with E-state index in [9.17, 15) is 19.5 Å². The lowest BCUT2D eigenvalue weighted by Gasteiger charge is -2.36. The first-order valence-electron chi connectivity index (χ1n) is 12.2. The molecular weight excluding hydrogens is 532 g/mol. The summed E-state index contributed by atoms with van der Waals surface area (Å²) < 4.78 is 1.45. The number of aromatic carboxylic acids is 1. The quantitative estimate of drug-likeness (QED) is 0.264. The maximum atomic E-state index is 13.7. The van der Waals surface area contributed by atoms with Crippen LogP contribution in [0.3, 0.4) is 0 Å². The topological polar surface area (TPSA) is 123 Å². The zero-order valence-corrected chi connectivity index (χ0v) is 21.7. The van der Waals surface area contributed by atoms with Crippen LogP contribution < -0.4 is 0 Å². The number of fused-ring (bicyclic) bond motifs is 1. The Hall–Kier alpha value is -5.14. The van der Waals surface area contributed by atoms with Crippen LogP contribution in [0.25, 0.3) is 16.6 Å². The van der Waals surface area contributed by atoms with Crippen molar-refractivity contribution in [2.75, 3.05) is 6.54 Å². The molecule has 1 aliphatic heterocycles. The third kappa shape index (κ3) is 5.36. The molecule has 0 fully saturated rings. The SMILES string of the molecule is [C-]#[N+]c1cccc2c1CCN(C(=O)/C=C/c1cc(Cl)ccc1-n1cnnn1)C2C(=O)Cc1ccc(C(=O)O)cc1. The molecule has 4 aromatic rings. The van der Waals surface area contributed by atoms with Gasteiger partial charge in [0, 0.05) is 29.6 Å². The number of benzene rings is 3. The minimum absolute atomic E-state index is 0.0164. The lowest BCUT2D eigenvalue weighted by atomic mass is 9.87. The fourth-order valence-corrected chi connectivity index (χ4v) is 4.98. The molecule has 0 saturated heterocycles. The molecule has 2 heterocycles. The Labute approximate surface area is 233 Å². The minimum atomic E-state index is -1.06. The van der Waals surface area contributed by atoms with Crippen LogP contribution in [-0.4, -0.2) is 54.4 Å². The lowest BCUT2D eigenvalue weighted by Crippen LogP contribution is -2.43. The Morgan fingerprint density at radius 2 is 1.93 bits per heavy atom. The van der Waals surface area contributed by atoms with Crippen molar-refractivity contribution in [1.82, 2.24) is 25.1 Å². The zero-order chi connectivity index (χ0) is 28.2. The number of nitrogens with zero attached hydrogens (tertiary/aromatic N) is 6. The first kappa shape index (κ1) is 26.5. The highest BCUT2D eigenvalue weighted by Gasteiger charge is 2.35. The smallest absolute Gasteiger partial charge is 0.335 e. The van der Waals surface area contributed by atoms with Crippen LogP contribution in [0.5, 0.6) is 0 Å². The van der Waals surface area contributed by atoms with E-state index in [1.54, 1.807) is 54.6 Å². The summed E-state index contributed by atoms with van der Waals surface area (Å²) in [6.45, 7) is 7.80. The fraction of sp³-hybridized carbons (Fsp3) is 0.138. The van der Waals surface area contributed by atoms with Crippen molar-refractivity contribution in [3.8, 4) is 5.69 Å². The Balaban J connectivity index is 1.47. The predicted molar refractivity (Wildman–Crippen MR) is 146 cm³/mol. The average molecular weight is 553 g/mol. The van der Waals surface area contributed by atoms with E-state index in [1.165, 1.54) is 34.1 Å². The van der Waals surface area contributed by atoms with E-state index < -0.39 is 12.0 Å². The molecule has 1 N–H and O–H groups in total. The molecule has 1 aromatic heterocycles. The summed E-state index contributed by atoms with van der Waals surface area (Å²) in [5, 5.41) is 20.9. The molecule has 0 radical (unpaired) electrons. The van der Waals surface area contributed by atoms with Crippen molar-refractivity contribution in [3.63, 3.8) is 0 Å². The third-order valence-corrected chi connectivity index (χ3v) is 6.91. The summed E-state index contributed by atoms with van der Waals surface area (Å²) in [5.41, 5.74) is 3.77. The average Bonchev–Trinajstić information content (AvgIpc) is 3.50. The number of carbonyl (C=O) groups excluding carboxylic acids is 2. The van der Waals surface area contributed by atoms with Gasteiger partial charge < -0.3 is 10.0 Å². The second kappa shape index (κ2) is 11.3. The Morgan fingerprint density at radius 1 is 1.12 bits per heavy atom. The molecule has 1 aliphatic rings. The first-order valence-corrected chi connectivity index (χ1v) is 12.6. The molecule has 0 bridgehead atoms. The summed E-state index contributed by atoms with van der Waals surface area (Å²) in [5.74, 6) is -1.69. The summed E-state index contributed by atoms with van der Waals surface area (Å²) >= 11 is 6.20. The molecule has 11 heteroatoms. The molecular formula is C29H21ClN6O4. The van der Waals surface area contributed by atoms with Gasteiger partial charge in [-0.3, -0.25) is 9.59 Å². The van der Waals surface area contributed by atoms with Gasteiger partial charge >= 0.3 is 5.97 Å². The number of Topliss-reactive ketones (excluding diaryl/α,β-unsaturated/α-hetero) is 1. The van der Waals surface area contributed by atoms with Crippen LogP contribution >= 0.6 is 11.6 Å². The van der Waals surface area contributed by atoms with Crippen molar-refractivity contribution in [3.05, 3.63) is 117 Å². The minimum Gasteiger partial charge on any atom is -0.478 e. The van der Waals surface area contributed by atoms with Gasteiger partial charge in [-0.15, -0.1) is 5.10 Å². The zero-order valence-electron chi connectivity index (χ0n) is 20.9. The molecule has 1 atom stereocenters. The van der Waals surface area contributed by atoms with E-state index >= 15 is 0 Å². The van der Waals surface area contributed by atoms with E-state index in [-0.39, 0.29) is 30.2 Å². The van der Waals surface area contributed by atoms with Crippen molar-refractivity contribution in [2.24, 2.45) is 0 Å². The largest absolute Gasteiger partial charge is 0.478 e. The van der Waals surface area contributed by atoms with E-state index in [0.717, 1.165) is 5.56 Å². The molecule has 0 saturated carbocycles. The van der Waals surface area contributed by atoms with Gasteiger partial charge in [-0.05, 0) is 69.9 Å². The number of carboxylic acids is 1. The van der Waals surface area contributed by atoms with E-state index in [2.05, 4.69) is 20.4 Å². The second-order valence-corrected chi connectivity index (χ2v) is 9.51. The van der Waals surface area contributed by atoms with Gasteiger partial charge in [0.05, 0.1) is 17.8 Å². The monoisotopic (exact) mass is 552 g/mol. The molecule has 40 heavy (non-hydrogen) atoms. The van der Waals surface area contributed by atoms with E-state index in [4.69, 9.17) is 18.2 Å². The lowest BCUT2D eigenvalue weighted by molar-refractivity contribution is -0.136. The van der Waals surface area contributed by atoms with Crippen LogP contribution in [0.15, 0.2) is 73.1 Å². The number of halogens is 1. The number of hydrogen-bond donors (Lipinski definition) is 1. The number of ketones is 1. The highest BCUT2D eigenvalue weighted by atomic mass is 35.5. The number of carbonyl (C=O) groups is 3. The molecule has 10 nitrogen and oxygen atoms in total. The highest BCUT2D eigenvalue weighted by Crippen LogP contribution is 2.37. The van der Waals surface area contributed by atoms with Gasteiger partial charge in [-0.1, -0.05) is 41.9 Å². The summed E-state index contributed by atoms with van der Waals surface area (Å²) in [7, 11) is 0. The molecule has 3 aromatic carbocycles. The summed E-state index contributed by atoms with van der Waals surface area (Å²) in [6.07, 6.45) is 4.82. The van der Waals surface area contributed by atoms with E-state index in [1.807, 2.05) is 0 Å². The second-order valence-electron chi connectivity index (χ2n) is 9.08. The van der Waals surface area contributed by atoms with Crippen LogP contribution in [0, 0.1) is 6.57 Å². The maximum Gasteiger partial charge on any atom is 0.335 e.